The second kappa shape index (κ2) is 11.7. The van der Waals surface area contributed by atoms with Crippen molar-refractivity contribution in [1.29, 1.82) is 0 Å². The minimum absolute atomic E-state index is 0.164. The van der Waals surface area contributed by atoms with E-state index in [9.17, 15) is 9.59 Å². The van der Waals surface area contributed by atoms with Crippen LogP contribution in [-0.4, -0.2) is 40.7 Å². The van der Waals surface area contributed by atoms with Crippen LogP contribution in [0.1, 0.15) is 28.4 Å². The van der Waals surface area contributed by atoms with Gasteiger partial charge in [-0.2, -0.15) is 0 Å². The first-order valence-corrected chi connectivity index (χ1v) is 12.7. The number of hydrogen-bond acceptors (Lipinski definition) is 6. The van der Waals surface area contributed by atoms with Crippen LogP contribution in [0.5, 0.6) is 11.5 Å². The number of aliphatic imine (C=N–C) groups is 1. The van der Waals surface area contributed by atoms with Gasteiger partial charge in [-0.25, -0.2) is 9.79 Å². The van der Waals surface area contributed by atoms with Crippen LogP contribution in [0, 0.1) is 0 Å². The van der Waals surface area contributed by atoms with E-state index in [2.05, 4.69) is 4.99 Å². The zero-order valence-electron chi connectivity index (χ0n) is 19.9. The lowest BCUT2D eigenvalue weighted by atomic mass is 10.1. The normalized spacial score (nSPS) is 15.5. The van der Waals surface area contributed by atoms with E-state index >= 15 is 0 Å². The number of carboxylic acids is 1. The molecule has 0 radical (unpaired) electrons. The van der Waals surface area contributed by atoms with Gasteiger partial charge in [0.05, 0.1) is 28.3 Å². The smallest absolute Gasteiger partial charge is 0.335 e. The van der Waals surface area contributed by atoms with E-state index in [1.54, 1.807) is 41.3 Å². The number of methoxy groups -OCH3 is 1. The molecular formula is C27H22Cl2N2O5S. The van der Waals surface area contributed by atoms with E-state index in [0.717, 1.165) is 5.56 Å². The van der Waals surface area contributed by atoms with Gasteiger partial charge in [0.1, 0.15) is 6.61 Å². The lowest BCUT2D eigenvalue weighted by Gasteiger charge is -2.14. The molecule has 10 heteroatoms. The fourth-order valence-electron chi connectivity index (χ4n) is 3.54. The molecule has 1 fully saturated rings. The van der Waals surface area contributed by atoms with Crippen LogP contribution in [0.4, 0.5) is 5.69 Å². The minimum atomic E-state index is -1.01. The molecule has 0 aliphatic carbocycles. The summed E-state index contributed by atoms with van der Waals surface area (Å²) in [5.41, 5.74) is 2.18. The number of carboxylic acid groups (broad SMARTS) is 1. The maximum absolute atomic E-state index is 13.1. The van der Waals surface area contributed by atoms with Gasteiger partial charge in [0.2, 0.25) is 0 Å². The van der Waals surface area contributed by atoms with Crippen molar-refractivity contribution in [2.75, 3.05) is 13.7 Å². The van der Waals surface area contributed by atoms with Gasteiger partial charge in [-0.1, -0.05) is 41.4 Å². The number of aromatic carboxylic acids is 1. The average Bonchev–Trinajstić information content (AvgIpc) is 3.17. The maximum atomic E-state index is 13.1. The van der Waals surface area contributed by atoms with E-state index in [0.29, 0.717) is 49.4 Å². The molecule has 190 valence electrons. The Kier molecular flexibility index (Phi) is 8.43. The summed E-state index contributed by atoms with van der Waals surface area (Å²) in [7, 11) is 1.51. The van der Waals surface area contributed by atoms with E-state index < -0.39 is 5.97 Å². The van der Waals surface area contributed by atoms with Crippen LogP contribution < -0.4 is 9.47 Å². The fraction of sp³-hybridized carbons (Fsp3) is 0.148. The van der Waals surface area contributed by atoms with Crippen molar-refractivity contribution in [3.05, 3.63) is 92.3 Å². The van der Waals surface area contributed by atoms with Crippen molar-refractivity contribution in [3.8, 4) is 11.5 Å². The summed E-state index contributed by atoms with van der Waals surface area (Å²) >= 11 is 14.0. The van der Waals surface area contributed by atoms with Gasteiger partial charge in [-0.3, -0.25) is 9.69 Å². The summed E-state index contributed by atoms with van der Waals surface area (Å²) in [6.45, 7) is 2.49. The van der Waals surface area contributed by atoms with Crippen molar-refractivity contribution in [1.82, 2.24) is 4.90 Å². The number of hydrogen-bond donors (Lipinski definition) is 1. The van der Waals surface area contributed by atoms with Crippen molar-refractivity contribution in [3.63, 3.8) is 0 Å². The standard InChI is InChI=1S/C27H22Cl2N2O5S/c1-3-31-25(32)23(37-27(31)30-19-10-8-17(9-11-19)26(33)34)14-16-12-21(29)24(22(13-16)35-2)36-15-18-6-4-5-7-20(18)28/h4-14H,3,15H2,1-2H3,(H,33,34). The lowest BCUT2D eigenvalue weighted by Crippen LogP contribution is -2.28. The Bertz CT molecular complexity index is 1410. The predicted molar refractivity (Wildman–Crippen MR) is 147 cm³/mol. The molecule has 1 N–H and O–H groups in total. The molecule has 0 atom stereocenters. The molecule has 0 unspecified atom stereocenters. The Balaban J connectivity index is 1.58. The summed E-state index contributed by atoms with van der Waals surface area (Å²) in [6, 6.07) is 16.9. The van der Waals surface area contributed by atoms with Crippen molar-refractivity contribution in [2.45, 2.75) is 13.5 Å². The molecule has 1 aliphatic heterocycles. The summed E-state index contributed by atoms with van der Waals surface area (Å²) in [5.74, 6) is -0.414. The molecule has 7 nitrogen and oxygen atoms in total. The molecule has 0 spiro atoms. The SMILES string of the molecule is CCN1C(=O)C(=Cc2cc(Cl)c(OCc3ccccc3Cl)c(OC)c2)SC1=Nc1ccc(C(=O)O)cc1. The summed E-state index contributed by atoms with van der Waals surface area (Å²) < 4.78 is 11.4. The Morgan fingerprint density at radius 2 is 1.84 bits per heavy atom. The number of carbonyl (C=O) groups is 2. The number of likely N-dealkylation sites (N-methyl/N-ethyl adjacent to an activating group) is 1. The Hall–Kier alpha value is -3.46. The van der Waals surface area contributed by atoms with Gasteiger partial charge < -0.3 is 14.6 Å². The molecule has 1 amide bonds. The highest BCUT2D eigenvalue weighted by atomic mass is 35.5. The van der Waals surface area contributed by atoms with Gasteiger partial charge in [-0.15, -0.1) is 0 Å². The second-order valence-corrected chi connectivity index (χ2v) is 9.64. The maximum Gasteiger partial charge on any atom is 0.335 e. The summed E-state index contributed by atoms with van der Waals surface area (Å²) in [5, 5.41) is 10.5. The quantitative estimate of drug-likeness (QED) is 0.303. The number of nitrogens with zero attached hydrogens (tertiary/aromatic N) is 2. The van der Waals surface area contributed by atoms with Crippen LogP contribution >= 0.6 is 35.0 Å². The number of benzene rings is 3. The number of amides is 1. The number of rotatable bonds is 8. The monoisotopic (exact) mass is 556 g/mol. The van der Waals surface area contributed by atoms with Gasteiger partial charge in [0.25, 0.3) is 5.91 Å². The minimum Gasteiger partial charge on any atom is -0.493 e. The first-order chi connectivity index (χ1) is 17.8. The summed E-state index contributed by atoms with van der Waals surface area (Å²) in [6.07, 6.45) is 1.72. The molecule has 37 heavy (non-hydrogen) atoms. The lowest BCUT2D eigenvalue weighted by molar-refractivity contribution is -0.122. The molecule has 1 saturated heterocycles. The molecule has 0 aromatic heterocycles. The highest BCUT2D eigenvalue weighted by molar-refractivity contribution is 8.18. The van der Waals surface area contributed by atoms with Crippen LogP contribution in [0.15, 0.2) is 70.6 Å². The molecule has 4 rings (SSSR count). The zero-order chi connectivity index (χ0) is 26.5. The van der Waals surface area contributed by atoms with E-state index in [1.165, 1.54) is 31.0 Å². The van der Waals surface area contributed by atoms with Crippen LogP contribution in [0.2, 0.25) is 10.0 Å². The van der Waals surface area contributed by atoms with Gasteiger partial charge in [0, 0.05) is 17.1 Å². The predicted octanol–water partition coefficient (Wildman–Crippen LogP) is 6.90. The number of carbonyl (C=O) groups excluding carboxylic acids is 1. The van der Waals surface area contributed by atoms with Gasteiger partial charge in [-0.05, 0) is 72.8 Å². The summed E-state index contributed by atoms with van der Waals surface area (Å²) in [4.78, 5) is 30.7. The molecular weight excluding hydrogens is 535 g/mol. The van der Waals surface area contributed by atoms with Crippen molar-refractivity contribution >= 4 is 63.8 Å². The number of amidine groups is 1. The Morgan fingerprint density at radius 1 is 1.11 bits per heavy atom. The van der Waals surface area contributed by atoms with Crippen LogP contribution in [0.3, 0.4) is 0 Å². The molecule has 0 bridgehead atoms. The Labute approximate surface area is 228 Å². The fourth-order valence-corrected chi connectivity index (χ4v) is 5.07. The number of thioether (sulfide) groups is 1. The number of ether oxygens (including phenoxy) is 2. The Morgan fingerprint density at radius 3 is 2.49 bits per heavy atom. The zero-order valence-corrected chi connectivity index (χ0v) is 22.2. The first-order valence-electron chi connectivity index (χ1n) is 11.2. The van der Waals surface area contributed by atoms with Crippen molar-refractivity contribution < 1.29 is 24.2 Å². The largest absolute Gasteiger partial charge is 0.493 e. The molecule has 0 saturated carbocycles. The highest BCUT2D eigenvalue weighted by Gasteiger charge is 2.32. The van der Waals surface area contributed by atoms with E-state index in [1.807, 2.05) is 25.1 Å². The van der Waals surface area contributed by atoms with Crippen molar-refractivity contribution in [2.24, 2.45) is 4.99 Å². The van der Waals surface area contributed by atoms with E-state index in [4.69, 9.17) is 37.8 Å². The third kappa shape index (κ3) is 6.10. The van der Waals surface area contributed by atoms with Crippen LogP contribution in [-0.2, 0) is 11.4 Å². The van der Waals surface area contributed by atoms with Gasteiger partial charge >= 0.3 is 5.97 Å². The third-order valence-corrected chi connectivity index (χ3v) is 7.08. The first kappa shape index (κ1) is 26.6. The van der Waals surface area contributed by atoms with E-state index in [-0.39, 0.29) is 18.1 Å². The third-order valence-electron chi connectivity index (χ3n) is 5.42. The molecule has 1 aliphatic rings. The molecule has 1 heterocycles. The number of halogens is 2. The average molecular weight is 557 g/mol. The molecule has 3 aromatic carbocycles. The second-order valence-electron chi connectivity index (χ2n) is 7.82. The topological polar surface area (TPSA) is 88.4 Å². The van der Waals surface area contributed by atoms with Gasteiger partial charge in [0.15, 0.2) is 16.7 Å². The van der Waals surface area contributed by atoms with Crippen LogP contribution in [0.25, 0.3) is 6.08 Å². The highest BCUT2D eigenvalue weighted by Crippen LogP contribution is 2.40. The molecule has 3 aromatic rings.